The Kier molecular flexibility index (Phi) is 3.83. The van der Waals surface area contributed by atoms with Crippen LogP contribution < -0.4 is 5.32 Å². The molecule has 0 radical (unpaired) electrons. The van der Waals surface area contributed by atoms with Crippen LogP contribution in [0.15, 0.2) is 42.7 Å². The van der Waals surface area contributed by atoms with Crippen LogP contribution in [0.5, 0.6) is 0 Å². The highest BCUT2D eigenvalue weighted by Crippen LogP contribution is 2.29. The highest BCUT2D eigenvalue weighted by molar-refractivity contribution is 5.85. The number of nitrogens with one attached hydrogen (secondary N) is 1. The highest BCUT2D eigenvalue weighted by Gasteiger charge is 2.19. The number of aromatic nitrogens is 2. The van der Waals surface area contributed by atoms with E-state index in [4.69, 9.17) is 0 Å². The molecule has 4 heteroatoms. The normalized spacial score (nSPS) is 14.7. The van der Waals surface area contributed by atoms with Crippen LogP contribution in [0.1, 0.15) is 23.2 Å². The molecule has 0 aliphatic carbocycles. The minimum absolute atomic E-state index is 0.158. The summed E-state index contributed by atoms with van der Waals surface area (Å²) >= 11 is 0. The molecule has 0 amide bonds. The molecule has 3 nitrogen and oxygen atoms in total. The average molecular weight is 309 g/mol. The van der Waals surface area contributed by atoms with Gasteiger partial charge in [-0.3, -0.25) is 4.98 Å². The SMILES string of the molecule is Fc1ccc2c(c1)c1c(n2CCc2cccnc2)CCCNC1. The Morgan fingerprint density at radius 1 is 1.26 bits per heavy atom. The van der Waals surface area contributed by atoms with Gasteiger partial charge in [0.15, 0.2) is 0 Å². The molecule has 1 aliphatic rings. The molecule has 23 heavy (non-hydrogen) atoms. The summed E-state index contributed by atoms with van der Waals surface area (Å²) in [5, 5.41) is 4.51. The molecule has 1 N–H and O–H groups in total. The molecule has 1 aliphatic heterocycles. The molecule has 0 saturated carbocycles. The molecule has 2 aromatic heterocycles. The standard InChI is InChI=1S/C19H20FN3/c20-15-5-6-19-16(11-15)17-13-22-9-2-4-18(17)23(19)10-7-14-3-1-8-21-12-14/h1,3,5-6,8,11-12,22H,2,4,7,9-10,13H2. The second-order valence-electron chi connectivity index (χ2n) is 6.13. The maximum Gasteiger partial charge on any atom is 0.123 e. The monoisotopic (exact) mass is 309 g/mol. The van der Waals surface area contributed by atoms with E-state index < -0.39 is 0 Å². The first-order valence-electron chi connectivity index (χ1n) is 8.22. The zero-order valence-corrected chi connectivity index (χ0v) is 13.1. The maximum atomic E-state index is 13.7. The van der Waals surface area contributed by atoms with Gasteiger partial charge in [0, 0.05) is 42.1 Å². The van der Waals surface area contributed by atoms with Crippen molar-refractivity contribution in [2.24, 2.45) is 0 Å². The van der Waals surface area contributed by atoms with Crippen LogP contribution in [0.25, 0.3) is 10.9 Å². The predicted octanol–water partition coefficient (Wildman–Crippen LogP) is 3.45. The van der Waals surface area contributed by atoms with E-state index in [9.17, 15) is 4.39 Å². The Balaban J connectivity index is 1.76. The minimum atomic E-state index is -0.158. The number of pyridine rings is 1. The topological polar surface area (TPSA) is 29.9 Å². The third-order valence-corrected chi connectivity index (χ3v) is 4.66. The molecule has 0 unspecified atom stereocenters. The van der Waals surface area contributed by atoms with Crippen molar-refractivity contribution in [2.75, 3.05) is 6.54 Å². The van der Waals surface area contributed by atoms with E-state index in [1.807, 2.05) is 18.3 Å². The van der Waals surface area contributed by atoms with E-state index >= 15 is 0 Å². The summed E-state index contributed by atoms with van der Waals surface area (Å²) in [6.07, 6.45) is 6.83. The van der Waals surface area contributed by atoms with Crippen molar-refractivity contribution in [3.8, 4) is 0 Å². The zero-order valence-electron chi connectivity index (χ0n) is 13.1. The number of nitrogens with zero attached hydrogens (tertiary/aromatic N) is 2. The number of benzene rings is 1. The van der Waals surface area contributed by atoms with Gasteiger partial charge in [-0.1, -0.05) is 6.07 Å². The van der Waals surface area contributed by atoms with Crippen molar-refractivity contribution in [3.63, 3.8) is 0 Å². The maximum absolute atomic E-state index is 13.7. The van der Waals surface area contributed by atoms with E-state index in [1.54, 1.807) is 18.3 Å². The second-order valence-corrected chi connectivity index (χ2v) is 6.13. The van der Waals surface area contributed by atoms with E-state index in [-0.39, 0.29) is 5.82 Å². The van der Waals surface area contributed by atoms with Gasteiger partial charge in [0.05, 0.1) is 0 Å². The number of fused-ring (bicyclic) bond motifs is 3. The average Bonchev–Trinajstić information content (AvgIpc) is 2.73. The molecule has 118 valence electrons. The van der Waals surface area contributed by atoms with Gasteiger partial charge in [0.1, 0.15) is 5.82 Å². The lowest BCUT2D eigenvalue weighted by atomic mass is 10.1. The fourth-order valence-electron chi connectivity index (χ4n) is 3.57. The second kappa shape index (κ2) is 6.13. The summed E-state index contributed by atoms with van der Waals surface area (Å²) in [7, 11) is 0. The van der Waals surface area contributed by atoms with Gasteiger partial charge in [0.2, 0.25) is 0 Å². The van der Waals surface area contributed by atoms with Crippen molar-refractivity contribution < 1.29 is 4.39 Å². The number of hydrogen-bond donors (Lipinski definition) is 1. The Morgan fingerprint density at radius 3 is 3.09 bits per heavy atom. The van der Waals surface area contributed by atoms with Crippen LogP contribution in [-0.4, -0.2) is 16.1 Å². The first-order valence-corrected chi connectivity index (χ1v) is 8.22. The van der Waals surface area contributed by atoms with Crippen molar-refractivity contribution in [3.05, 3.63) is 65.4 Å². The summed E-state index contributed by atoms with van der Waals surface area (Å²) in [6.45, 7) is 2.76. The predicted molar refractivity (Wildman–Crippen MR) is 89.9 cm³/mol. The van der Waals surface area contributed by atoms with E-state index in [1.165, 1.54) is 16.8 Å². The summed E-state index contributed by atoms with van der Waals surface area (Å²) < 4.78 is 16.1. The van der Waals surface area contributed by atoms with Gasteiger partial charge >= 0.3 is 0 Å². The first-order chi connectivity index (χ1) is 11.3. The lowest BCUT2D eigenvalue weighted by Crippen LogP contribution is -2.11. The number of rotatable bonds is 3. The van der Waals surface area contributed by atoms with Crippen LogP contribution in [-0.2, 0) is 25.9 Å². The van der Waals surface area contributed by atoms with Gasteiger partial charge in [-0.05, 0) is 61.2 Å². The van der Waals surface area contributed by atoms with E-state index in [0.717, 1.165) is 49.8 Å². The number of halogens is 1. The summed E-state index contributed by atoms with van der Waals surface area (Å²) in [6, 6.07) is 9.25. The molecule has 0 saturated heterocycles. The summed E-state index contributed by atoms with van der Waals surface area (Å²) in [5.41, 5.74) is 5.00. The first kappa shape index (κ1) is 14.4. The van der Waals surface area contributed by atoms with Crippen molar-refractivity contribution >= 4 is 10.9 Å². The molecule has 0 bridgehead atoms. The fourth-order valence-corrected chi connectivity index (χ4v) is 3.57. The largest absolute Gasteiger partial charge is 0.344 e. The lowest BCUT2D eigenvalue weighted by molar-refractivity contribution is 0.628. The molecule has 0 fully saturated rings. The molecule has 0 atom stereocenters. The van der Waals surface area contributed by atoms with Crippen molar-refractivity contribution in [2.45, 2.75) is 32.4 Å². The summed E-state index contributed by atoms with van der Waals surface area (Å²) in [4.78, 5) is 4.19. The molecule has 0 spiro atoms. The van der Waals surface area contributed by atoms with Crippen LogP contribution >= 0.6 is 0 Å². The molecule has 4 rings (SSSR count). The van der Waals surface area contributed by atoms with Gasteiger partial charge in [0.25, 0.3) is 0 Å². The van der Waals surface area contributed by atoms with E-state index in [2.05, 4.69) is 20.9 Å². The lowest BCUT2D eigenvalue weighted by Gasteiger charge is -2.11. The van der Waals surface area contributed by atoms with Gasteiger partial charge in [-0.15, -0.1) is 0 Å². The van der Waals surface area contributed by atoms with Crippen molar-refractivity contribution in [1.29, 1.82) is 0 Å². The Morgan fingerprint density at radius 2 is 2.22 bits per heavy atom. The van der Waals surface area contributed by atoms with Gasteiger partial charge in [-0.25, -0.2) is 4.39 Å². The quantitative estimate of drug-likeness (QED) is 0.803. The Labute approximate surface area is 135 Å². The Bertz CT molecular complexity index is 823. The third-order valence-electron chi connectivity index (χ3n) is 4.66. The van der Waals surface area contributed by atoms with Crippen LogP contribution in [0.3, 0.4) is 0 Å². The smallest absolute Gasteiger partial charge is 0.123 e. The van der Waals surface area contributed by atoms with Crippen LogP contribution in [0.2, 0.25) is 0 Å². The van der Waals surface area contributed by atoms with E-state index in [0.29, 0.717) is 0 Å². The molecule has 3 aromatic rings. The van der Waals surface area contributed by atoms with Crippen LogP contribution in [0, 0.1) is 5.82 Å². The number of aryl methyl sites for hydroxylation is 2. The summed E-state index contributed by atoms with van der Waals surface area (Å²) in [5.74, 6) is -0.158. The van der Waals surface area contributed by atoms with Gasteiger partial charge in [-0.2, -0.15) is 0 Å². The fraction of sp³-hybridized carbons (Fsp3) is 0.316. The molecule has 3 heterocycles. The third kappa shape index (κ3) is 2.75. The Hall–Kier alpha value is -2.20. The molecular formula is C19H20FN3. The zero-order chi connectivity index (χ0) is 15.6. The molecule has 1 aromatic carbocycles. The minimum Gasteiger partial charge on any atom is -0.344 e. The van der Waals surface area contributed by atoms with Crippen LogP contribution in [0.4, 0.5) is 4.39 Å². The number of hydrogen-bond acceptors (Lipinski definition) is 2. The highest BCUT2D eigenvalue weighted by atomic mass is 19.1. The molecular weight excluding hydrogens is 289 g/mol. The van der Waals surface area contributed by atoms with Gasteiger partial charge < -0.3 is 9.88 Å². The van der Waals surface area contributed by atoms with Crippen molar-refractivity contribution in [1.82, 2.24) is 14.9 Å².